The van der Waals surface area contributed by atoms with Crippen molar-refractivity contribution in [2.45, 2.75) is 34.1 Å². The summed E-state index contributed by atoms with van der Waals surface area (Å²) < 4.78 is 0. The first-order valence-corrected chi connectivity index (χ1v) is 6.06. The third kappa shape index (κ3) is 5.78. The molecule has 0 atom stereocenters. The molecule has 1 fully saturated rings. The van der Waals surface area contributed by atoms with Crippen molar-refractivity contribution in [3.05, 3.63) is 0 Å². The van der Waals surface area contributed by atoms with Crippen molar-refractivity contribution in [1.29, 1.82) is 0 Å². The number of hydrogen-bond acceptors (Lipinski definition) is 2. The molecule has 1 heterocycles. The molecule has 0 aromatic carbocycles. The summed E-state index contributed by atoms with van der Waals surface area (Å²) in [5, 5.41) is 0. The molecule has 0 radical (unpaired) electrons. The molecule has 0 aromatic heterocycles. The Morgan fingerprint density at radius 1 is 1.13 bits per heavy atom. The second-order valence-corrected chi connectivity index (χ2v) is 4.28. The summed E-state index contributed by atoms with van der Waals surface area (Å²) in [6.07, 6.45) is 0.698. The van der Waals surface area contributed by atoms with Gasteiger partial charge in [0, 0.05) is 32.6 Å². The summed E-state index contributed by atoms with van der Waals surface area (Å²) in [5.74, 6) is 0.801. The number of nitrogens with zero attached hydrogens (tertiary/aromatic N) is 2. The lowest BCUT2D eigenvalue weighted by Crippen LogP contribution is -2.47. The van der Waals surface area contributed by atoms with Gasteiger partial charge < -0.3 is 9.80 Å². The molecule has 1 aliphatic heterocycles. The van der Waals surface area contributed by atoms with Crippen molar-refractivity contribution in [1.82, 2.24) is 9.80 Å². The zero-order chi connectivity index (χ0) is 11.8. The van der Waals surface area contributed by atoms with Crippen LogP contribution in [0.25, 0.3) is 0 Å². The van der Waals surface area contributed by atoms with Crippen LogP contribution in [0.5, 0.6) is 0 Å². The molecule has 3 nitrogen and oxygen atoms in total. The number of carbonyl (C=O) groups excluding carboxylic acids is 1. The largest absolute Gasteiger partial charge is 0.340 e. The predicted molar refractivity (Wildman–Crippen MR) is 64.9 cm³/mol. The highest BCUT2D eigenvalue weighted by Crippen LogP contribution is 2.06. The highest BCUT2D eigenvalue weighted by atomic mass is 16.2. The highest BCUT2D eigenvalue weighted by molar-refractivity contribution is 5.76. The predicted octanol–water partition coefficient (Wildman–Crippen LogP) is 1.83. The fraction of sp³-hybridized carbons (Fsp3) is 0.917. The van der Waals surface area contributed by atoms with Gasteiger partial charge in [-0.3, -0.25) is 4.79 Å². The Kier molecular flexibility index (Phi) is 7.39. The van der Waals surface area contributed by atoms with Crippen molar-refractivity contribution in [3.63, 3.8) is 0 Å². The zero-order valence-electron chi connectivity index (χ0n) is 10.9. The van der Waals surface area contributed by atoms with Crippen molar-refractivity contribution >= 4 is 5.91 Å². The Bertz CT molecular complexity index is 172. The monoisotopic (exact) mass is 214 g/mol. The highest BCUT2D eigenvalue weighted by Gasteiger charge is 2.18. The van der Waals surface area contributed by atoms with Gasteiger partial charge in [0.1, 0.15) is 0 Å². The van der Waals surface area contributed by atoms with Crippen LogP contribution in [0.15, 0.2) is 0 Å². The van der Waals surface area contributed by atoms with E-state index < -0.39 is 0 Å². The van der Waals surface area contributed by atoms with E-state index in [2.05, 4.69) is 25.8 Å². The van der Waals surface area contributed by atoms with Crippen LogP contribution in [0.2, 0.25) is 0 Å². The standard InChI is InChI=1S/C10H20N2O.C2H6/c1-9(2)8-10(13)12-6-4-11(3)5-7-12;1-2/h9H,4-8H2,1-3H3;1-2H3. The van der Waals surface area contributed by atoms with E-state index in [1.807, 2.05) is 18.7 Å². The summed E-state index contributed by atoms with van der Waals surface area (Å²) in [6, 6.07) is 0. The van der Waals surface area contributed by atoms with Crippen molar-refractivity contribution < 1.29 is 4.79 Å². The maximum Gasteiger partial charge on any atom is 0.222 e. The third-order valence-electron chi connectivity index (χ3n) is 2.44. The van der Waals surface area contributed by atoms with Gasteiger partial charge in [0.25, 0.3) is 0 Å². The van der Waals surface area contributed by atoms with Crippen molar-refractivity contribution in [2.75, 3.05) is 33.2 Å². The minimum atomic E-state index is 0.322. The lowest BCUT2D eigenvalue weighted by molar-refractivity contribution is -0.133. The quantitative estimate of drug-likeness (QED) is 0.700. The third-order valence-corrected chi connectivity index (χ3v) is 2.44. The number of carbonyl (C=O) groups is 1. The Morgan fingerprint density at radius 2 is 1.60 bits per heavy atom. The van der Waals surface area contributed by atoms with Gasteiger partial charge in [0.05, 0.1) is 0 Å². The molecule has 0 bridgehead atoms. The van der Waals surface area contributed by atoms with Crippen LogP contribution in [-0.2, 0) is 4.79 Å². The van der Waals surface area contributed by atoms with Gasteiger partial charge in [-0.2, -0.15) is 0 Å². The first-order chi connectivity index (χ1) is 7.09. The molecule has 0 aromatic rings. The van der Waals surface area contributed by atoms with Gasteiger partial charge in [-0.15, -0.1) is 0 Å². The van der Waals surface area contributed by atoms with E-state index in [-0.39, 0.29) is 0 Å². The zero-order valence-corrected chi connectivity index (χ0v) is 10.9. The molecular formula is C12H26N2O. The lowest BCUT2D eigenvalue weighted by atomic mass is 10.1. The van der Waals surface area contributed by atoms with E-state index in [4.69, 9.17) is 0 Å². The topological polar surface area (TPSA) is 23.6 Å². The molecule has 1 amide bonds. The molecule has 1 aliphatic rings. The minimum Gasteiger partial charge on any atom is -0.340 e. The summed E-state index contributed by atoms with van der Waals surface area (Å²) in [6.45, 7) is 12.0. The number of piperazine rings is 1. The Balaban J connectivity index is 0.000000921. The Hall–Kier alpha value is -0.570. The summed E-state index contributed by atoms with van der Waals surface area (Å²) >= 11 is 0. The van der Waals surface area contributed by atoms with E-state index in [0.29, 0.717) is 18.2 Å². The molecule has 1 rings (SSSR count). The number of rotatable bonds is 2. The SMILES string of the molecule is CC.CC(C)CC(=O)N1CCN(C)CC1. The van der Waals surface area contributed by atoms with E-state index in [0.717, 1.165) is 26.2 Å². The van der Waals surface area contributed by atoms with Crippen LogP contribution in [0.1, 0.15) is 34.1 Å². The van der Waals surface area contributed by atoms with E-state index in [1.54, 1.807) is 0 Å². The average molecular weight is 214 g/mol. The number of likely N-dealkylation sites (N-methyl/N-ethyl adjacent to an activating group) is 1. The van der Waals surface area contributed by atoms with Gasteiger partial charge in [-0.1, -0.05) is 27.7 Å². The second kappa shape index (κ2) is 7.69. The number of hydrogen-bond donors (Lipinski definition) is 0. The van der Waals surface area contributed by atoms with Gasteiger partial charge >= 0.3 is 0 Å². The average Bonchev–Trinajstić information content (AvgIpc) is 2.20. The molecule has 0 unspecified atom stereocenters. The maximum atomic E-state index is 11.6. The summed E-state index contributed by atoms with van der Waals surface area (Å²) in [5.41, 5.74) is 0. The first kappa shape index (κ1) is 14.4. The molecular weight excluding hydrogens is 188 g/mol. The number of amides is 1. The van der Waals surface area contributed by atoms with Gasteiger partial charge in [-0.25, -0.2) is 0 Å². The molecule has 0 N–H and O–H groups in total. The second-order valence-electron chi connectivity index (χ2n) is 4.28. The molecule has 0 aliphatic carbocycles. The lowest BCUT2D eigenvalue weighted by Gasteiger charge is -2.32. The Morgan fingerprint density at radius 3 is 2.00 bits per heavy atom. The van der Waals surface area contributed by atoms with Crippen molar-refractivity contribution in [3.8, 4) is 0 Å². The molecule has 1 saturated heterocycles. The van der Waals surface area contributed by atoms with E-state index in [1.165, 1.54) is 0 Å². The van der Waals surface area contributed by atoms with Crippen molar-refractivity contribution in [2.24, 2.45) is 5.92 Å². The molecule has 0 saturated carbocycles. The van der Waals surface area contributed by atoms with Crippen LogP contribution >= 0.6 is 0 Å². The van der Waals surface area contributed by atoms with Gasteiger partial charge in [-0.05, 0) is 13.0 Å². The van der Waals surface area contributed by atoms with Gasteiger partial charge in [0.2, 0.25) is 5.91 Å². The summed E-state index contributed by atoms with van der Waals surface area (Å²) in [4.78, 5) is 15.9. The molecule has 3 heteroatoms. The normalized spacial score (nSPS) is 17.3. The van der Waals surface area contributed by atoms with E-state index >= 15 is 0 Å². The van der Waals surface area contributed by atoms with Crippen LogP contribution in [0.3, 0.4) is 0 Å². The van der Waals surface area contributed by atoms with Crippen LogP contribution in [0, 0.1) is 5.92 Å². The summed E-state index contributed by atoms with van der Waals surface area (Å²) in [7, 11) is 2.10. The molecule has 90 valence electrons. The molecule has 15 heavy (non-hydrogen) atoms. The molecule has 0 spiro atoms. The minimum absolute atomic E-state index is 0.322. The van der Waals surface area contributed by atoms with Crippen LogP contribution < -0.4 is 0 Å². The maximum absolute atomic E-state index is 11.6. The smallest absolute Gasteiger partial charge is 0.222 e. The van der Waals surface area contributed by atoms with Gasteiger partial charge in [0.15, 0.2) is 0 Å². The van der Waals surface area contributed by atoms with E-state index in [9.17, 15) is 4.79 Å². The fourth-order valence-electron chi connectivity index (χ4n) is 1.53. The Labute approximate surface area is 94.4 Å². The van der Waals surface area contributed by atoms with Crippen LogP contribution in [-0.4, -0.2) is 48.9 Å². The fourth-order valence-corrected chi connectivity index (χ4v) is 1.53. The van der Waals surface area contributed by atoms with Crippen LogP contribution in [0.4, 0.5) is 0 Å². The first-order valence-electron chi connectivity index (χ1n) is 6.06.